The molecular weight excluding hydrogens is 852 g/mol. The predicted molar refractivity (Wildman–Crippen MR) is 223 cm³/mol. The average Bonchev–Trinajstić information content (AvgIpc) is 3.76. The SMILES string of the molecule is CC(C)c1ccnc(-n2c3[c-]c(C(c4[c-]c(-n5[cH+]n(C(C)(C)C)c6ccccc65)ccc4)(c4ccccc4)c4ccccc4)ccc3c3ccccc32)c1.[Pt]. The maximum atomic E-state index is 4.95. The Labute approximate surface area is 338 Å². The molecule has 0 atom stereocenters. The normalized spacial score (nSPS) is 12.1. The largest absolute Gasteiger partial charge is 0.319 e. The van der Waals surface area contributed by atoms with Crippen molar-refractivity contribution in [2.24, 2.45) is 0 Å². The van der Waals surface area contributed by atoms with Crippen LogP contribution in [0.4, 0.5) is 0 Å². The molecule has 3 aromatic heterocycles. The molecule has 5 heteroatoms. The number of benzene rings is 6. The first-order chi connectivity index (χ1) is 26.2. The Morgan fingerprint density at radius 3 is 1.89 bits per heavy atom. The third-order valence-corrected chi connectivity index (χ3v) is 10.9. The summed E-state index contributed by atoms with van der Waals surface area (Å²) >= 11 is 0. The van der Waals surface area contributed by atoms with Gasteiger partial charge in [-0.3, -0.25) is 0 Å². The van der Waals surface area contributed by atoms with Gasteiger partial charge in [-0.15, -0.1) is 22.6 Å². The Bertz CT molecular complexity index is 2750. The minimum Gasteiger partial charge on any atom is -0.319 e. The van der Waals surface area contributed by atoms with E-state index in [1.807, 2.05) is 6.20 Å². The minimum atomic E-state index is -0.760. The molecule has 9 aromatic rings. The van der Waals surface area contributed by atoms with Gasteiger partial charge < -0.3 is 4.57 Å². The molecule has 0 radical (unpaired) electrons. The van der Waals surface area contributed by atoms with Gasteiger partial charge in [0, 0.05) is 56.0 Å². The predicted octanol–water partition coefficient (Wildman–Crippen LogP) is 12.1. The Morgan fingerprint density at radius 2 is 1.22 bits per heavy atom. The fourth-order valence-electron chi connectivity index (χ4n) is 8.23. The fraction of sp³-hybridized carbons (Fsp3) is 0.160. The van der Waals surface area contributed by atoms with Crippen molar-refractivity contribution in [1.29, 1.82) is 0 Å². The maximum Gasteiger partial charge on any atom is 0.188 e. The van der Waals surface area contributed by atoms with Crippen LogP contribution in [0.1, 0.15) is 68.4 Å². The second-order valence-electron chi connectivity index (χ2n) is 15.5. The number of pyridine rings is 1. The molecule has 0 unspecified atom stereocenters. The molecule has 0 bridgehead atoms. The summed E-state index contributed by atoms with van der Waals surface area (Å²) in [7, 11) is 0. The second kappa shape index (κ2) is 14.3. The van der Waals surface area contributed by atoms with E-state index < -0.39 is 5.41 Å². The van der Waals surface area contributed by atoms with E-state index >= 15 is 0 Å². The third-order valence-electron chi connectivity index (χ3n) is 10.9. The summed E-state index contributed by atoms with van der Waals surface area (Å²) < 4.78 is 6.93. The zero-order chi connectivity index (χ0) is 37.0. The zero-order valence-electron chi connectivity index (χ0n) is 31.8. The Hall–Kier alpha value is -5.57. The molecule has 6 aromatic carbocycles. The van der Waals surface area contributed by atoms with Crippen LogP contribution in [0.3, 0.4) is 0 Å². The third kappa shape index (κ3) is 6.04. The van der Waals surface area contributed by atoms with Crippen LogP contribution in [0.25, 0.3) is 44.3 Å². The maximum absolute atomic E-state index is 4.95. The number of hydrogen-bond acceptors (Lipinski definition) is 1. The van der Waals surface area contributed by atoms with Gasteiger partial charge in [0.25, 0.3) is 0 Å². The van der Waals surface area contributed by atoms with E-state index in [1.165, 1.54) is 16.5 Å². The van der Waals surface area contributed by atoms with Gasteiger partial charge in [0.1, 0.15) is 5.82 Å². The molecule has 0 amide bonds. The van der Waals surface area contributed by atoms with Crippen LogP contribution >= 0.6 is 0 Å². The van der Waals surface area contributed by atoms with Gasteiger partial charge in [0.2, 0.25) is 0 Å². The topological polar surface area (TPSA) is 27.7 Å². The van der Waals surface area contributed by atoms with Crippen LogP contribution in [-0.2, 0) is 32.0 Å². The summed E-state index contributed by atoms with van der Waals surface area (Å²) in [5.74, 6) is 1.27. The van der Waals surface area contributed by atoms with Crippen molar-refractivity contribution in [1.82, 2.24) is 18.7 Å². The zero-order valence-corrected chi connectivity index (χ0v) is 34.0. The Morgan fingerprint density at radius 1 is 0.600 bits per heavy atom. The number of rotatable bonds is 7. The van der Waals surface area contributed by atoms with Gasteiger partial charge in [-0.25, -0.2) is 14.1 Å². The molecule has 0 spiro atoms. The average molecular weight is 895 g/mol. The summed E-state index contributed by atoms with van der Waals surface area (Å²) in [5, 5.41) is 2.32. The molecule has 0 N–H and O–H groups in total. The van der Waals surface area contributed by atoms with Crippen LogP contribution in [-0.4, -0.2) is 18.7 Å². The number of hydrogen-bond donors (Lipinski definition) is 0. The van der Waals surface area contributed by atoms with Crippen molar-refractivity contribution in [3.8, 4) is 11.5 Å². The first-order valence-corrected chi connectivity index (χ1v) is 18.8. The van der Waals surface area contributed by atoms with E-state index in [-0.39, 0.29) is 26.6 Å². The van der Waals surface area contributed by atoms with Crippen molar-refractivity contribution in [3.05, 3.63) is 204 Å². The molecule has 55 heavy (non-hydrogen) atoms. The van der Waals surface area contributed by atoms with Crippen LogP contribution in [0.5, 0.6) is 0 Å². The van der Waals surface area contributed by atoms with Gasteiger partial charge in [-0.2, -0.15) is 30.3 Å². The smallest absolute Gasteiger partial charge is 0.188 e. The van der Waals surface area contributed by atoms with Crippen LogP contribution in [0.15, 0.2) is 164 Å². The Kier molecular flexibility index (Phi) is 9.43. The van der Waals surface area contributed by atoms with E-state index in [2.05, 4.69) is 218 Å². The van der Waals surface area contributed by atoms with Gasteiger partial charge in [-0.05, 0) is 79.1 Å². The van der Waals surface area contributed by atoms with E-state index in [1.54, 1.807) is 0 Å². The van der Waals surface area contributed by atoms with E-state index in [0.29, 0.717) is 5.92 Å². The van der Waals surface area contributed by atoms with Gasteiger partial charge >= 0.3 is 0 Å². The van der Waals surface area contributed by atoms with Gasteiger partial charge in [0.15, 0.2) is 17.4 Å². The quantitative estimate of drug-likeness (QED) is 0.116. The minimum absolute atomic E-state index is 0. The molecule has 4 nitrogen and oxygen atoms in total. The molecule has 0 saturated carbocycles. The van der Waals surface area contributed by atoms with Crippen molar-refractivity contribution in [2.75, 3.05) is 0 Å². The summed E-state index contributed by atoms with van der Waals surface area (Å²) in [6, 6.07) is 62.5. The number of para-hydroxylation sites is 3. The number of imidazole rings is 1. The fourth-order valence-corrected chi connectivity index (χ4v) is 8.23. The number of fused-ring (bicyclic) bond motifs is 4. The number of nitrogens with zero attached hydrogens (tertiary/aromatic N) is 4. The van der Waals surface area contributed by atoms with Crippen molar-refractivity contribution >= 4 is 32.8 Å². The first-order valence-electron chi connectivity index (χ1n) is 18.8. The molecular formula is C50H43N4Pt-. The molecule has 0 aliphatic heterocycles. The van der Waals surface area contributed by atoms with Gasteiger partial charge in [-0.1, -0.05) is 104 Å². The molecule has 0 aliphatic carbocycles. The van der Waals surface area contributed by atoms with Crippen molar-refractivity contribution in [2.45, 2.75) is 51.5 Å². The van der Waals surface area contributed by atoms with Crippen LogP contribution < -0.4 is 0 Å². The first kappa shape index (κ1) is 36.4. The standard InChI is InChI=1S/C50H43N4.Pt/c1-35(2)36-29-30-51-48(31-36)54-44-24-13-12-23-42(44)43-28-27-40(33-47(43)54)50(37-17-8-6-9-18-37,38-19-10-7-11-20-38)39-21-16-22-41(32-39)52-34-53(49(3,4)5)46-26-15-14-25-45(46)52;/h6-31,34-35H,1-5H3;/q-1;. The monoisotopic (exact) mass is 894 g/mol. The number of aromatic nitrogens is 4. The van der Waals surface area contributed by atoms with E-state index in [0.717, 1.165) is 55.7 Å². The molecule has 0 saturated heterocycles. The molecule has 0 fully saturated rings. The summed E-state index contributed by atoms with van der Waals surface area (Å²) in [4.78, 5) is 4.95. The summed E-state index contributed by atoms with van der Waals surface area (Å²) in [6.07, 6.45) is 4.16. The Balaban J connectivity index is 0.00000427. The molecule has 0 aliphatic rings. The van der Waals surface area contributed by atoms with Crippen LogP contribution in [0, 0.1) is 12.1 Å². The molecule has 3 heterocycles. The summed E-state index contributed by atoms with van der Waals surface area (Å²) in [5.41, 5.74) is 10.2. The van der Waals surface area contributed by atoms with Crippen molar-refractivity contribution < 1.29 is 21.1 Å². The molecule has 9 rings (SSSR count). The van der Waals surface area contributed by atoms with Gasteiger partial charge in [0.05, 0.1) is 5.54 Å². The van der Waals surface area contributed by atoms with Crippen molar-refractivity contribution in [3.63, 3.8) is 0 Å². The van der Waals surface area contributed by atoms with E-state index in [4.69, 9.17) is 4.98 Å². The summed E-state index contributed by atoms with van der Waals surface area (Å²) in [6.45, 7) is 11.2. The van der Waals surface area contributed by atoms with E-state index in [9.17, 15) is 0 Å². The molecule has 274 valence electrons. The second-order valence-corrected chi connectivity index (χ2v) is 15.5. The van der Waals surface area contributed by atoms with Crippen LogP contribution in [0.2, 0.25) is 0 Å².